The molecule has 57 valence electrons. The third-order valence-electron chi connectivity index (χ3n) is 2.23. The van der Waals surface area contributed by atoms with Crippen molar-refractivity contribution in [3.8, 4) is 0 Å². The van der Waals surface area contributed by atoms with E-state index in [1.54, 1.807) is 0 Å². The Morgan fingerprint density at radius 1 is 1.40 bits per heavy atom. The van der Waals surface area contributed by atoms with Gasteiger partial charge in [-0.2, -0.15) is 0 Å². The zero-order valence-corrected chi connectivity index (χ0v) is 6.68. The largest absolute Gasteiger partial charge is 0.0885 e. The molecule has 0 nitrogen and oxygen atoms in total. The molecule has 0 aliphatic heterocycles. The van der Waals surface area contributed by atoms with Crippen molar-refractivity contribution in [1.82, 2.24) is 0 Å². The second-order valence-electron chi connectivity index (χ2n) is 3.15. The SMILES string of the molecule is [CH2]CCC1CC=CCCC1. The maximum Gasteiger partial charge on any atom is -0.0322 e. The maximum atomic E-state index is 3.89. The summed E-state index contributed by atoms with van der Waals surface area (Å²) in [6.45, 7) is 3.89. The summed E-state index contributed by atoms with van der Waals surface area (Å²) in [5.41, 5.74) is 0. The van der Waals surface area contributed by atoms with Gasteiger partial charge in [-0.15, -0.1) is 0 Å². The molecule has 1 rings (SSSR count). The zero-order valence-electron chi connectivity index (χ0n) is 6.68. The predicted molar refractivity (Wildman–Crippen MR) is 45.7 cm³/mol. The molecule has 0 heterocycles. The molecule has 1 aliphatic carbocycles. The van der Waals surface area contributed by atoms with E-state index in [4.69, 9.17) is 0 Å². The van der Waals surface area contributed by atoms with Crippen molar-refractivity contribution in [1.29, 1.82) is 0 Å². The predicted octanol–water partition coefficient (Wildman–Crippen LogP) is 3.35. The Morgan fingerprint density at radius 3 is 3.10 bits per heavy atom. The summed E-state index contributed by atoms with van der Waals surface area (Å²) in [6, 6.07) is 0. The number of hydrogen-bond donors (Lipinski definition) is 0. The van der Waals surface area contributed by atoms with Gasteiger partial charge in [0.1, 0.15) is 0 Å². The highest BCUT2D eigenvalue weighted by Gasteiger charge is 2.06. The van der Waals surface area contributed by atoms with Crippen LogP contribution < -0.4 is 0 Å². The summed E-state index contributed by atoms with van der Waals surface area (Å²) < 4.78 is 0. The van der Waals surface area contributed by atoms with Gasteiger partial charge in [0.15, 0.2) is 0 Å². The van der Waals surface area contributed by atoms with E-state index in [1.165, 1.54) is 32.1 Å². The van der Waals surface area contributed by atoms with E-state index in [2.05, 4.69) is 19.1 Å². The molecule has 0 aromatic carbocycles. The average Bonchev–Trinajstić information content (AvgIpc) is 2.17. The van der Waals surface area contributed by atoms with Crippen LogP contribution in [0.1, 0.15) is 38.5 Å². The lowest BCUT2D eigenvalue weighted by atomic mass is 9.96. The van der Waals surface area contributed by atoms with Gasteiger partial charge < -0.3 is 0 Å². The molecule has 0 heteroatoms. The van der Waals surface area contributed by atoms with Gasteiger partial charge in [0.2, 0.25) is 0 Å². The summed E-state index contributed by atoms with van der Waals surface area (Å²) >= 11 is 0. The van der Waals surface area contributed by atoms with E-state index in [0.29, 0.717) is 0 Å². The van der Waals surface area contributed by atoms with Gasteiger partial charge in [0.05, 0.1) is 0 Å². The van der Waals surface area contributed by atoms with Crippen molar-refractivity contribution in [3.05, 3.63) is 19.1 Å². The molecule has 0 aromatic rings. The standard InChI is InChI=1S/C10H17/c1-2-7-10-8-5-3-4-6-9-10/h3,5,10H,1-2,4,6-9H2. The van der Waals surface area contributed by atoms with Crippen LogP contribution in [0, 0.1) is 12.8 Å². The van der Waals surface area contributed by atoms with E-state index < -0.39 is 0 Å². The highest BCUT2D eigenvalue weighted by molar-refractivity contribution is 4.87. The van der Waals surface area contributed by atoms with Gasteiger partial charge in [-0.1, -0.05) is 31.9 Å². The Balaban J connectivity index is 2.23. The molecule has 0 saturated heterocycles. The first kappa shape index (κ1) is 7.84. The van der Waals surface area contributed by atoms with Crippen molar-refractivity contribution in [2.45, 2.75) is 38.5 Å². The molecule has 0 amide bonds. The maximum absolute atomic E-state index is 3.89. The third-order valence-corrected chi connectivity index (χ3v) is 2.23. The molecule has 1 atom stereocenters. The lowest BCUT2D eigenvalue weighted by Gasteiger charge is -2.10. The summed E-state index contributed by atoms with van der Waals surface area (Å²) in [7, 11) is 0. The molecular formula is C10H17. The topological polar surface area (TPSA) is 0 Å². The minimum Gasteiger partial charge on any atom is -0.0885 e. The molecule has 10 heavy (non-hydrogen) atoms. The first-order valence-corrected chi connectivity index (χ1v) is 4.37. The van der Waals surface area contributed by atoms with E-state index in [-0.39, 0.29) is 0 Å². The fraction of sp³-hybridized carbons (Fsp3) is 0.700. The molecule has 0 spiro atoms. The Bertz CT molecular complexity index is 103. The van der Waals surface area contributed by atoms with Crippen LogP contribution in [-0.4, -0.2) is 0 Å². The monoisotopic (exact) mass is 137 g/mol. The average molecular weight is 137 g/mol. The fourth-order valence-corrected chi connectivity index (χ4v) is 1.60. The van der Waals surface area contributed by atoms with Crippen molar-refractivity contribution in [2.24, 2.45) is 5.92 Å². The molecule has 0 fully saturated rings. The molecule has 0 bridgehead atoms. The van der Waals surface area contributed by atoms with Crippen LogP contribution >= 0.6 is 0 Å². The second kappa shape index (κ2) is 4.54. The fourth-order valence-electron chi connectivity index (χ4n) is 1.60. The lowest BCUT2D eigenvalue weighted by Crippen LogP contribution is -1.96. The number of hydrogen-bond acceptors (Lipinski definition) is 0. The third kappa shape index (κ3) is 2.55. The van der Waals surface area contributed by atoms with Crippen LogP contribution in [0.5, 0.6) is 0 Å². The van der Waals surface area contributed by atoms with Crippen molar-refractivity contribution >= 4 is 0 Å². The van der Waals surface area contributed by atoms with Crippen molar-refractivity contribution < 1.29 is 0 Å². The van der Waals surface area contributed by atoms with Gasteiger partial charge >= 0.3 is 0 Å². The second-order valence-corrected chi connectivity index (χ2v) is 3.15. The van der Waals surface area contributed by atoms with Gasteiger partial charge in [-0.05, 0) is 31.6 Å². The Morgan fingerprint density at radius 2 is 2.30 bits per heavy atom. The first-order chi connectivity index (χ1) is 4.93. The van der Waals surface area contributed by atoms with Gasteiger partial charge in [0, 0.05) is 0 Å². The van der Waals surface area contributed by atoms with E-state index in [0.717, 1.165) is 12.3 Å². The van der Waals surface area contributed by atoms with Crippen LogP contribution in [0.15, 0.2) is 12.2 Å². The number of allylic oxidation sites excluding steroid dienone is 2. The van der Waals surface area contributed by atoms with Crippen molar-refractivity contribution in [2.75, 3.05) is 0 Å². The quantitative estimate of drug-likeness (QED) is 0.512. The smallest absolute Gasteiger partial charge is 0.0322 e. The van der Waals surface area contributed by atoms with Crippen LogP contribution in [0.25, 0.3) is 0 Å². The highest BCUT2D eigenvalue weighted by Crippen LogP contribution is 2.21. The van der Waals surface area contributed by atoms with Gasteiger partial charge in [-0.25, -0.2) is 0 Å². The summed E-state index contributed by atoms with van der Waals surface area (Å²) in [4.78, 5) is 0. The number of rotatable bonds is 2. The summed E-state index contributed by atoms with van der Waals surface area (Å²) in [6.07, 6.45) is 12.5. The summed E-state index contributed by atoms with van der Waals surface area (Å²) in [5.74, 6) is 0.941. The molecule has 1 radical (unpaired) electrons. The molecule has 1 unspecified atom stereocenters. The summed E-state index contributed by atoms with van der Waals surface area (Å²) in [5, 5.41) is 0. The lowest BCUT2D eigenvalue weighted by molar-refractivity contribution is 0.455. The van der Waals surface area contributed by atoms with Crippen LogP contribution in [0.3, 0.4) is 0 Å². The zero-order chi connectivity index (χ0) is 7.23. The van der Waals surface area contributed by atoms with Crippen LogP contribution in [-0.2, 0) is 0 Å². The van der Waals surface area contributed by atoms with E-state index in [9.17, 15) is 0 Å². The van der Waals surface area contributed by atoms with Gasteiger partial charge in [0.25, 0.3) is 0 Å². The van der Waals surface area contributed by atoms with Crippen LogP contribution in [0.2, 0.25) is 0 Å². The normalized spacial score (nSPS) is 26.3. The van der Waals surface area contributed by atoms with Crippen molar-refractivity contribution in [3.63, 3.8) is 0 Å². The minimum absolute atomic E-state index is 0.941. The highest BCUT2D eigenvalue weighted by atomic mass is 14.1. The molecule has 0 aromatic heterocycles. The van der Waals surface area contributed by atoms with Crippen LogP contribution in [0.4, 0.5) is 0 Å². The first-order valence-electron chi connectivity index (χ1n) is 4.37. The van der Waals surface area contributed by atoms with E-state index in [1.807, 2.05) is 0 Å². The van der Waals surface area contributed by atoms with E-state index >= 15 is 0 Å². The molecule has 1 aliphatic rings. The Hall–Kier alpha value is -0.260. The Kier molecular flexibility index (Phi) is 3.56. The Labute approximate surface area is 64.3 Å². The molecule has 0 N–H and O–H groups in total. The molecule has 0 saturated carbocycles. The minimum atomic E-state index is 0.941. The molecular weight excluding hydrogens is 120 g/mol. The van der Waals surface area contributed by atoms with Gasteiger partial charge in [-0.3, -0.25) is 0 Å².